The van der Waals surface area contributed by atoms with E-state index < -0.39 is 17.5 Å². The average molecular weight is 252 g/mol. The summed E-state index contributed by atoms with van der Waals surface area (Å²) < 4.78 is 39.4. The Hall–Kier alpha value is -2.17. The van der Waals surface area contributed by atoms with Gasteiger partial charge in [0.1, 0.15) is 5.82 Å². The first-order valence-electron chi connectivity index (χ1n) is 5.25. The van der Waals surface area contributed by atoms with Crippen molar-refractivity contribution in [2.24, 2.45) is 0 Å². The number of anilines is 3. The fraction of sp³-hybridized carbons (Fsp3) is 0.0769. The van der Waals surface area contributed by atoms with Crippen molar-refractivity contribution in [2.45, 2.75) is 6.92 Å². The average Bonchev–Trinajstić information content (AvgIpc) is 2.30. The molecule has 0 saturated carbocycles. The van der Waals surface area contributed by atoms with Crippen LogP contribution in [-0.2, 0) is 0 Å². The molecule has 0 aliphatic heterocycles. The molecule has 2 aromatic rings. The number of nitrogens with two attached hydrogens (primary N) is 1. The van der Waals surface area contributed by atoms with Gasteiger partial charge in [-0.25, -0.2) is 13.2 Å². The van der Waals surface area contributed by atoms with Crippen molar-refractivity contribution in [3.63, 3.8) is 0 Å². The molecule has 0 aliphatic carbocycles. The van der Waals surface area contributed by atoms with Crippen LogP contribution in [0.4, 0.5) is 30.2 Å². The van der Waals surface area contributed by atoms with Crippen LogP contribution in [0.3, 0.4) is 0 Å². The lowest BCUT2D eigenvalue weighted by atomic mass is 10.1. The highest BCUT2D eigenvalue weighted by Crippen LogP contribution is 2.25. The molecule has 0 heterocycles. The molecule has 2 rings (SSSR count). The molecule has 0 spiro atoms. The Balaban J connectivity index is 2.36. The summed E-state index contributed by atoms with van der Waals surface area (Å²) in [4.78, 5) is 0. The highest BCUT2D eigenvalue weighted by Gasteiger charge is 2.11. The maximum atomic E-state index is 13.4. The highest BCUT2D eigenvalue weighted by atomic mass is 19.2. The second-order valence-corrected chi connectivity index (χ2v) is 3.95. The van der Waals surface area contributed by atoms with Crippen LogP contribution in [-0.4, -0.2) is 0 Å². The first-order chi connectivity index (χ1) is 8.47. The fourth-order valence-electron chi connectivity index (χ4n) is 1.56. The molecule has 2 aromatic carbocycles. The molecular formula is C13H11F3N2. The molecule has 0 aliphatic rings. The summed E-state index contributed by atoms with van der Waals surface area (Å²) in [6.07, 6.45) is 0. The molecule has 0 amide bonds. The second kappa shape index (κ2) is 4.60. The predicted octanol–water partition coefficient (Wildman–Crippen LogP) is 3.74. The molecule has 0 saturated heterocycles. The molecule has 0 fully saturated rings. The summed E-state index contributed by atoms with van der Waals surface area (Å²) in [5.41, 5.74) is 7.27. The number of halogens is 3. The highest BCUT2D eigenvalue weighted by molar-refractivity contribution is 5.64. The Morgan fingerprint density at radius 1 is 1.06 bits per heavy atom. The zero-order valence-corrected chi connectivity index (χ0v) is 9.60. The lowest BCUT2D eigenvalue weighted by Crippen LogP contribution is -1.99. The number of hydrogen-bond acceptors (Lipinski definition) is 2. The van der Waals surface area contributed by atoms with Crippen LogP contribution >= 0.6 is 0 Å². The fourth-order valence-corrected chi connectivity index (χ4v) is 1.56. The topological polar surface area (TPSA) is 38.0 Å². The Labute approximate surface area is 102 Å². The largest absolute Gasteiger partial charge is 0.399 e. The van der Waals surface area contributed by atoms with E-state index in [2.05, 4.69) is 5.32 Å². The molecule has 94 valence electrons. The van der Waals surface area contributed by atoms with Crippen molar-refractivity contribution >= 4 is 17.1 Å². The van der Waals surface area contributed by atoms with Crippen molar-refractivity contribution in [3.05, 3.63) is 53.3 Å². The third kappa shape index (κ3) is 2.40. The van der Waals surface area contributed by atoms with Crippen molar-refractivity contribution in [1.82, 2.24) is 0 Å². The number of nitrogens with one attached hydrogen (secondary N) is 1. The number of nitrogen functional groups attached to an aromatic ring is 1. The number of hydrogen-bond donors (Lipinski definition) is 2. The summed E-state index contributed by atoms with van der Waals surface area (Å²) in [7, 11) is 0. The van der Waals surface area contributed by atoms with Gasteiger partial charge in [0.2, 0.25) is 0 Å². The summed E-state index contributed by atoms with van der Waals surface area (Å²) in [6.45, 7) is 1.78. The van der Waals surface area contributed by atoms with Gasteiger partial charge >= 0.3 is 0 Å². The van der Waals surface area contributed by atoms with E-state index in [1.807, 2.05) is 0 Å². The Kier molecular flexibility index (Phi) is 3.14. The lowest BCUT2D eigenvalue weighted by Gasteiger charge is -2.10. The van der Waals surface area contributed by atoms with E-state index in [-0.39, 0.29) is 5.69 Å². The van der Waals surface area contributed by atoms with E-state index in [4.69, 9.17) is 5.73 Å². The molecule has 0 atom stereocenters. The summed E-state index contributed by atoms with van der Waals surface area (Å²) in [5.74, 6) is -3.20. The number of aryl methyl sites for hydroxylation is 1. The van der Waals surface area contributed by atoms with Crippen molar-refractivity contribution in [1.29, 1.82) is 0 Å². The molecule has 0 radical (unpaired) electrons. The Bertz CT molecular complexity index is 597. The summed E-state index contributed by atoms with van der Waals surface area (Å²) in [6, 6.07) is 6.28. The van der Waals surface area contributed by atoms with Crippen LogP contribution in [0.25, 0.3) is 0 Å². The van der Waals surface area contributed by atoms with Gasteiger partial charge in [0.25, 0.3) is 0 Å². The molecule has 2 nitrogen and oxygen atoms in total. The molecule has 5 heteroatoms. The van der Waals surface area contributed by atoms with Crippen LogP contribution in [0, 0.1) is 24.4 Å². The van der Waals surface area contributed by atoms with Gasteiger partial charge in [0.05, 0.1) is 5.69 Å². The van der Waals surface area contributed by atoms with Gasteiger partial charge in [0.15, 0.2) is 11.6 Å². The third-order valence-corrected chi connectivity index (χ3v) is 2.54. The van der Waals surface area contributed by atoms with Crippen LogP contribution in [0.2, 0.25) is 0 Å². The molecule has 18 heavy (non-hydrogen) atoms. The van der Waals surface area contributed by atoms with Gasteiger partial charge < -0.3 is 11.1 Å². The second-order valence-electron chi connectivity index (χ2n) is 3.95. The van der Waals surface area contributed by atoms with E-state index >= 15 is 0 Å². The van der Waals surface area contributed by atoms with Gasteiger partial charge in [-0.15, -0.1) is 0 Å². The Morgan fingerprint density at radius 3 is 2.44 bits per heavy atom. The van der Waals surface area contributed by atoms with Crippen LogP contribution < -0.4 is 11.1 Å². The van der Waals surface area contributed by atoms with Gasteiger partial charge in [0, 0.05) is 23.5 Å². The number of rotatable bonds is 2. The van der Waals surface area contributed by atoms with Gasteiger partial charge in [-0.05, 0) is 30.7 Å². The quantitative estimate of drug-likeness (QED) is 0.631. The summed E-state index contributed by atoms with van der Waals surface area (Å²) in [5, 5.41) is 2.61. The van der Waals surface area contributed by atoms with Crippen molar-refractivity contribution < 1.29 is 13.2 Å². The maximum absolute atomic E-state index is 13.4. The molecular weight excluding hydrogens is 241 g/mol. The first kappa shape index (κ1) is 12.3. The van der Waals surface area contributed by atoms with Crippen molar-refractivity contribution in [3.8, 4) is 0 Å². The normalized spacial score (nSPS) is 10.4. The van der Waals surface area contributed by atoms with E-state index in [1.165, 1.54) is 0 Å². The monoisotopic (exact) mass is 252 g/mol. The van der Waals surface area contributed by atoms with E-state index in [0.29, 0.717) is 17.4 Å². The van der Waals surface area contributed by atoms with E-state index in [1.54, 1.807) is 25.1 Å². The van der Waals surface area contributed by atoms with Crippen LogP contribution in [0.1, 0.15) is 5.56 Å². The standard InChI is InChI=1S/C13H11F3N2/c1-7-4-9(2-3-11(7)17)18-12-6-8(14)5-10(15)13(12)16/h2-6,18H,17H2,1H3. The molecule has 0 bridgehead atoms. The maximum Gasteiger partial charge on any atom is 0.182 e. The predicted molar refractivity (Wildman–Crippen MR) is 65.2 cm³/mol. The Morgan fingerprint density at radius 2 is 1.78 bits per heavy atom. The SMILES string of the molecule is Cc1cc(Nc2cc(F)cc(F)c2F)ccc1N. The summed E-state index contributed by atoms with van der Waals surface area (Å²) >= 11 is 0. The van der Waals surface area contributed by atoms with E-state index in [9.17, 15) is 13.2 Å². The molecule has 3 N–H and O–H groups in total. The minimum absolute atomic E-state index is 0.253. The van der Waals surface area contributed by atoms with E-state index in [0.717, 1.165) is 11.6 Å². The van der Waals surface area contributed by atoms with Crippen molar-refractivity contribution in [2.75, 3.05) is 11.1 Å². The lowest BCUT2D eigenvalue weighted by molar-refractivity contribution is 0.498. The minimum Gasteiger partial charge on any atom is -0.399 e. The van der Waals surface area contributed by atoms with Gasteiger partial charge in [-0.2, -0.15) is 0 Å². The van der Waals surface area contributed by atoms with Crippen LogP contribution in [0.15, 0.2) is 30.3 Å². The van der Waals surface area contributed by atoms with Gasteiger partial charge in [-0.1, -0.05) is 0 Å². The zero-order valence-electron chi connectivity index (χ0n) is 9.60. The van der Waals surface area contributed by atoms with Gasteiger partial charge in [-0.3, -0.25) is 0 Å². The molecule has 0 unspecified atom stereocenters. The number of benzene rings is 2. The van der Waals surface area contributed by atoms with Crippen LogP contribution in [0.5, 0.6) is 0 Å². The zero-order chi connectivity index (χ0) is 13.3. The smallest absolute Gasteiger partial charge is 0.182 e. The molecule has 0 aromatic heterocycles. The third-order valence-electron chi connectivity index (χ3n) is 2.54. The minimum atomic E-state index is -1.23. The first-order valence-corrected chi connectivity index (χ1v) is 5.25.